The van der Waals surface area contributed by atoms with Gasteiger partial charge in [-0.2, -0.15) is 0 Å². The maximum Gasteiger partial charge on any atom is 0.320 e. The van der Waals surface area contributed by atoms with Crippen LogP contribution in [0.2, 0.25) is 0 Å². The van der Waals surface area contributed by atoms with E-state index >= 15 is 0 Å². The number of hydrogen-bond acceptors (Lipinski definition) is 3. The quantitative estimate of drug-likeness (QED) is 0.308. The number of esters is 1. The lowest BCUT2D eigenvalue weighted by Crippen LogP contribution is -2.26. The van der Waals surface area contributed by atoms with Gasteiger partial charge in [-0.05, 0) is 29.5 Å². The van der Waals surface area contributed by atoms with Gasteiger partial charge in [-0.15, -0.1) is 0 Å². The van der Waals surface area contributed by atoms with Crippen LogP contribution in [0.3, 0.4) is 0 Å². The Bertz CT molecular complexity index is 735. The normalized spacial score (nSPS) is 12.4. The molecule has 0 aliphatic carbocycles. The van der Waals surface area contributed by atoms with Crippen LogP contribution < -0.4 is 0 Å². The van der Waals surface area contributed by atoms with Crippen LogP contribution in [0.15, 0.2) is 60.7 Å². The zero-order chi connectivity index (χ0) is 18.8. The van der Waals surface area contributed by atoms with Crippen LogP contribution in [0.1, 0.15) is 37.3 Å². The Labute approximate surface area is 154 Å². The fourth-order valence-electron chi connectivity index (χ4n) is 2.57. The molecule has 0 radical (unpaired) electrons. The molecule has 1 unspecified atom stereocenters. The molecular formula is C22H24O4. The summed E-state index contributed by atoms with van der Waals surface area (Å²) >= 11 is 0. The van der Waals surface area contributed by atoms with E-state index in [-0.39, 0.29) is 13.0 Å². The minimum Gasteiger partial charge on any atom is -0.481 e. The number of unbranched alkanes of at least 4 members (excludes halogenated alkanes) is 1. The van der Waals surface area contributed by atoms with Gasteiger partial charge in [0.1, 0.15) is 0 Å². The van der Waals surface area contributed by atoms with E-state index in [0.29, 0.717) is 0 Å². The molecule has 0 saturated carbocycles. The van der Waals surface area contributed by atoms with E-state index in [1.807, 2.05) is 73.7 Å². The largest absolute Gasteiger partial charge is 0.481 e. The molecule has 1 N–H and O–H groups in total. The highest BCUT2D eigenvalue weighted by Gasteiger charge is 2.29. The van der Waals surface area contributed by atoms with Crippen molar-refractivity contribution in [3.8, 4) is 0 Å². The number of hydrogen-bond donors (Lipinski definition) is 1. The number of aliphatic carboxylic acids is 1. The second-order valence-electron chi connectivity index (χ2n) is 6.06. The van der Waals surface area contributed by atoms with Crippen LogP contribution in [0.5, 0.6) is 0 Å². The topological polar surface area (TPSA) is 63.6 Å². The van der Waals surface area contributed by atoms with Gasteiger partial charge >= 0.3 is 11.9 Å². The van der Waals surface area contributed by atoms with E-state index in [9.17, 15) is 14.7 Å². The standard InChI is InChI=1S/C22H24O4/c1-2-3-14-26-22(25)20(21(23)24)16-19(18-12-8-5-9-13-18)15-17-10-6-4-7-11-17/h4-13,15,20H,2-3,14,16H2,1H3,(H,23,24)/b19-15-. The fraction of sp³-hybridized carbons (Fsp3) is 0.273. The van der Waals surface area contributed by atoms with Crippen molar-refractivity contribution >= 4 is 23.6 Å². The fourth-order valence-corrected chi connectivity index (χ4v) is 2.57. The lowest BCUT2D eigenvalue weighted by Gasteiger charge is -2.15. The summed E-state index contributed by atoms with van der Waals surface area (Å²) in [6.45, 7) is 2.24. The molecule has 0 aliphatic heterocycles. The Hall–Kier alpha value is -2.88. The average Bonchev–Trinajstić information content (AvgIpc) is 2.66. The number of carboxylic acid groups (broad SMARTS) is 1. The molecule has 136 valence electrons. The van der Waals surface area contributed by atoms with Gasteiger partial charge in [-0.1, -0.05) is 80.1 Å². The average molecular weight is 352 g/mol. The lowest BCUT2D eigenvalue weighted by atomic mass is 9.92. The predicted octanol–water partition coefficient (Wildman–Crippen LogP) is 4.66. The highest BCUT2D eigenvalue weighted by molar-refractivity contribution is 5.97. The third kappa shape index (κ3) is 5.88. The number of ether oxygens (including phenoxy) is 1. The first-order chi connectivity index (χ1) is 12.6. The van der Waals surface area contributed by atoms with Gasteiger partial charge in [0.15, 0.2) is 5.92 Å². The summed E-state index contributed by atoms with van der Waals surface area (Å²) in [5.74, 6) is -3.07. The molecule has 0 aromatic heterocycles. The summed E-state index contributed by atoms with van der Waals surface area (Å²) in [7, 11) is 0. The molecule has 0 bridgehead atoms. The van der Waals surface area contributed by atoms with Gasteiger partial charge in [-0.25, -0.2) is 0 Å². The highest BCUT2D eigenvalue weighted by atomic mass is 16.5. The second-order valence-corrected chi connectivity index (χ2v) is 6.06. The molecule has 4 heteroatoms. The van der Waals surface area contributed by atoms with Crippen molar-refractivity contribution in [2.45, 2.75) is 26.2 Å². The zero-order valence-corrected chi connectivity index (χ0v) is 14.9. The second kappa shape index (κ2) is 10.2. The number of rotatable bonds is 9. The maximum absolute atomic E-state index is 12.2. The van der Waals surface area contributed by atoms with Gasteiger partial charge < -0.3 is 9.84 Å². The van der Waals surface area contributed by atoms with Crippen LogP contribution in [0, 0.1) is 5.92 Å². The first-order valence-electron chi connectivity index (χ1n) is 8.82. The van der Waals surface area contributed by atoms with Crippen molar-refractivity contribution in [2.75, 3.05) is 6.61 Å². The Balaban J connectivity index is 2.28. The van der Waals surface area contributed by atoms with Crippen LogP contribution in [0.4, 0.5) is 0 Å². The molecule has 0 heterocycles. The monoisotopic (exact) mass is 352 g/mol. The van der Waals surface area contributed by atoms with Crippen LogP contribution in [-0.4, -0.2) is 23.7 Å². The number of carbonyl (C=O) groups is 2. The molecule has 2 aromatic rings. The van der Waals surface area contributed by atoms with E-state index in [2.05, 4.69) is 0 Å². The summed E-state index contributed by atoms with van der Waals surface area (Å²) < 4.78 is 5.15. The number of carboxylic acids is 1. The van der Waals surface area contributed by atoms with Crippen LogP contribution in [-0.2, 0) is 14.3 Å². The Morgan fingerprint density at radius 3 is 2.23 bits per heavy atom. The van der Waals surface area contributed by atoms with Gasteiger partial charge in [0.25, 0.3) is 0 Å². The first kappa shape index (κ1) is 19.4. The Morgan fingerprint density at radius 1 is 1.04 bits per heavy atom. The minimum atomic E-state index is -1.22. The minimum absolute atomic E-state index is 0.0825. The zero-order valence-electron chi connectivity index (χ0n) is 14.9. The van der Waals surface area contributed by atoms with Crippen molar-refractivity contribution in [2.24, 2.45) is 5.92 Å². The van der Waals surface area contributed by atoms with Crippen molar-refractivity contribution in [3.63, 3.8) is 0 Å². The van der Waals surface area contributed by atoms with Gasteiger partial charge in [0, 0.05) is 0 Å². The van der Waals surface area contributed by atoms with Crippen molar-refractivity contribution in [1.82, 2.24) is 0 Å². The van der Waals surface area contributed by atoms with Crippen molar-refractivity contribution in [1.29, 1.82) is 0 Å². The molecule has 0 spiro atoms. The van der Waals surface area contributed by atoms with Crippen LogP contribution >= 0.6 is 0 Å². The smallest absolute Gasteiger partial charge is 0.320 e. The number of carbonyl (C=O) groups excluding carboxylic acids is 1. The third-order valence-corrected chi connectivity index (χ3v) is 4.03. The molecule has 26 heavy (non-hydrogen) atoms. The van der Waals surface area contributed by atoms with E-state index in [0.717, 1.165) is 29.5 Å². The number of allylic oxidation sites excluding steroid dienone is 1. The van der Waals surface area contributed by atoms with Crippen molar-refractivity contribution in [3.05, 3.63) is 71.8 Å². The van der Waals surface area contributed by atoms with E-state index in [1.165, 1.54) is 0 Å². The van der Waals surface area contributed by atoms with Gasteiger partial charge in [-0.3, -0.25) is 9.59 Å². The molecule has 0 amide bonds. The first-order valence-corrected chi connectivity index (χ1v) is 8.82. The van der Waals surface area contributed by atoms with Gasteiger partial charge in [0.05, 0.1) is 6.61 Å². The highest BCUT2D eigenvalue weighted by Crippen LogP contribution is 2.26. The molecular weight excluding hydrogens is 328 g/mol. The Kier molecular flexibility index (Phi) is 7.62. The summed E-state index contributed by atoms with van der Waals surface area (Å²) in [6.07, 6.45) is 3.61. The number of benzene rings is 2. The maximum atomic E-state index is 12.2. The van der Waals surface area contributed by atoms with E-state index in [1.54, 1.807) is 0 Å². The SMILES string of the molecule is CCCCOC(=O)C(C/C(=C/c1ccccc1)c1ccccc1)C(=O)O. The Morgan fingerprint density at radius 2 is 1.65 bits per heavy atom. The molecule has 1 atom stereocenters. The predicted molar refractivity (Wildman–Crippen MR) is 102 cm³/mol. The molecule has 2 rings (SSSR count). The molecule has 4 nitrogen and oxygen atoms in total. The van der Waals surface area contributed by atoms with Gasteiger partial charge in [0.2, 0.25) is 0 Å². The molecule has 0 saturated heterocycles. The summed E-state index contributed by atoms with van der Waals surface area (Å²) in [4.78, 5) is 23.9. The van der Waals surface area contributed by atoms with E-state index in [4.69, 9.17) is 4.74 Å². The molecule has 0 fully saturated rings. The molecule has 0 aliphatic rings. The van der Waals surface area contributed by atoms with Crippen molar-refractivity contribution < 1.29 is 19.4 Å². The third-order valence-electron chi connectivity index (χ3n) is 4.03. The van der Waals surface area contributed by atoms with E-state index < -0.39 is 17.9 Å². The molecule has 2 aromatic carbocycles. The summed E-state index contributed by atoms with van der Waals surface area (Å²) in [5, 5.41) is 9.53. The van der Waals surface area contributed by atoms with Crippen LogP contribution in [0.25, 0.3) is 11.6 Å². The summed E-state index contributed by atoms with van der Waals surface area (Å²) in [5.41, 5.74) is 2.63. The lowest BCUT2D eigenvalue weighted by molar-refractivity contribution is -0.158. The summed E-state index contributed by atoms with van der Waals surface area (Å²) in [6, 6.07) is 19.2.